The molecule has 0 saturated carbocycles. The number of anilines is 1. The minimum absolute atomic E-state index is 0.00834. The average Bonchev–Trinajstić information content (AvgIpc) is 3.16. The Morgan fingerprint density at radius 2 is 1.82 bits per heavy atom. The van der Waals surface area contributed by atoms with Crippen LogP contribution in [0.15, 0.2) is 24.4 Å². The first-order valence-corrected chi connectivity index (χ1v) is 11.3. The molecule has 0 radical (unpaired) electrons. The van der Waals surface area contributed by atoms with Gasteiger partial charge in [0.25, 0.3) is 11.6 Å². The number of hydrogen-bond acceptors (Lipinski definition) is 8. The number of ether oxygens (including phenoxy) is 2. The summed E-state index contributed by atoms with van der Waals surface area (Å²) in [5, 5.41) is 14.0. The Kier molecular flexibility index (Phi) is 10.2. The number of esters is 2. The van der Waals surface area contributed by atoms with Gasteiger partial charge >= 0.3 is 11.9 Å². The van der Waals surface area contributed by atoms with E-state index in [0.717, 1.165) is 31.7 Å². The summed E-state index contributed by atoms with van der Waals surface area (Å²) >= 11 is 0. The van der Waals surface area contributed by atoms with Gasteiger partial charge < -0.3 is 19.4 Å². The number of amides is 1. The maximum atomic E-state index is 13.0. The van der Waals surface area contributed by atoms with Gasteiger partial charge in [-0.15, -0.1) is 0 Å². The highest BCUT2D eigenvalue weighted by Gasteiger charge is 2.28. The molecule has 11 nitrogen and oxygen atoms in total. The smallest absolute Gasteiger partial charge is 0.345 e. The molecule has 0 unspecified atom stereocenters. The summed E-state index contributed by atoms with van der Waals surface area (Å²) in [5.41, 5.74) is -1.18. The van der Waals surface area contributed by atoms with Crippen LogP contribution >= 0.6 is 0 Å². The summed E-state index contributed by atoms with van der Waals surface area (Å²) in [5.74, 6) is -1.41. The van der Waals surface area contributed by atoms with Crippen LogP contribution in [0, 0.1) is 10.1 Å². The third kappa shape index (κ3) is 7.12. The number of imidazole rings is 1. The standard InChI is InChI=1S/C23H30N4O7/c1-4-7-8-9-13-19-24-18(14-26(19)15-20(28)33-5-2)25-22(29)16-11-10-12-17(27(31)32)21(16)23(30)34-6-3/h10-12,14H,4-9,13,15H2,1-3H3,(H,25,29). The summed E-state index contributed by atoms with van der Waals surface area (Å²) in [6, 6.07) is 3.75. The summed E-state index contributed by atoms with van der Waals surface area (Å²) in [6.45, 7) is 5.55. The van der Waals surface area contributed by atoms with E-state index < -0.39 is 34.0 Å². The van der Waals surface area contributed by atoms with Gasteiger partial charge in [-0.3, -0.25) is 19.7 Å². The molecule has 0 saturated heterocycles. The molecular formula is C23H30N4O7. The zero-order valence-corrected chi connectivity index (χ0v) is 19.7. The molecule has 0 aliphatic carbocycles. The van der Waals surface area contributed by atoms with Crippen molar-refractivity contribution in [1.29, 1.82) is 0 Å². The fourth-order valence-corrected chi connectivity index (χ4v) is 3.39. The molecule has 2 aromatic rings. The molecule has 1 amide bonds. The number of nitro groups is 1. The number of aromatic nitrogens is 2. The number of carbonyl (C=O) groups is 3. The Morgan fingerprint density at radius 3 is 2.47 bits per heavy atom. The van der Waals surface area contributed by atoms with Crippen LogP contribution in [0.2, 0.25) is 0 Å². The van der Waals surface area contributed by atoms with Crippen molar-refractivity contribution < 1.29 is 28.8 Å². The molecule has 34 heavy (non-hydrogen) atoms. The van der Waals surface area contributed by atoms with Crippen LogP contribution in [-0.4, -0.2) is 45.5 Å². The van der Waals surface area contributed by atoms with Crippen LogP contribution in [0.3, 0.4) is 0 Å². The van der Waals surface area contributed by atoms with E-state index in [1.165, 1.54) is 18.3 Å². The molecule has 1 heterocycles. The predicted octanol–water partition coefficient (Wildman–Crippen LogP) is 3.91. The molecule has 184 valence electrons. The van der Waals surface area contributed by atoms with Crippen molar-refractivity contribution in [2.45, 2.75) is 59.4 Å². The van der Waals surface area contributed by atoms with Crippen molar-refractivity contribution in [1.82, 2.24) is 9.55 Å². The van der Waals surface area contributed by atoms with Crippen molar-refractivity contribution in [3.63, 3.8) is 0 Å². The molecule has 0 bridgehead atoms. The molecule has 0 spiro atoms. The first-order valence-electron chi connectivity index (χ1n) is 11.3. The Labute approximate surface area is 197 Å². The predicted molar refractivity (Wildman–Crippen MR) is 124 cm³/mol. The van der Waals surface area contributed by atoms with Crippen molar-refractivity contribution in [3.8, 4) is 0 Å². The monoisotopic (exact) mass is 474 g/mol. The fraction of sp³-hybridized carbons (Fsp3) is 0.478. The molecule has 1 aromatic carbocycles. The molecule has 1 N–H and O–H groups in total. The third-order valence-electron chi connectivity index (χ3n) is 4.92. The van der Waals surface area contributed by atoms with Crippen molar-refractivity contribution >= 4 is 29.4 Å². The SMILES string of the molecule is CCCCCCc1nc(NC(=O)c2cccc([N+](=O)[O-])c2C(=O)OCC)cn1CC(=O)OCC. The second-order valence-corrected chi connectivity index (χ2v) is 7.42. The van der Waals surface area contributed by atoms with E-state index in [0.29, 0.717) is 12.2 Å². The largest absolute Gasteiger partial charge is 0.465 e. The summed E-state index contributed by atoms with van der Waals surface area (Å²) in [6.07, 6.45) is 6.11. The van der Waals surface area contributed by atoms with Crippen molar-refractivity contribution in [2.24, 2.45) is 0 Å². The van der Waals surface area contributed by atoms with Crippen LogP contribution in [0.4, 0.5) is 11.5 Å². The van der Waals surface area contributed by atoms with Gasteiger partial charge in [-0.25, -0.2) is 9.78 Å². The van der Waals surface area contributed by atoms with Crippen molar-refractivity contribution in [3.05, 3.63) is 51.5 Å². The van der Waals surface area contributed by atoms with E-state index in [4.69, 9.17) is 9.47 Å². The number of nitrogens with one attached hydrogen (secondary N) is 1. The van der Waals surface area contributed by atoms with E-state index >= 15 is 0 Å². The molecular weight excluding hydrogens is 444 g/mol. The number of rotatable bonds is 13. The molecule has 0 aliphatic heterocycles. The van der Waals surface area contributed by atoms with E-state index in [1.807, 2.05) is 0 Å². The Morgan fingerprint density at radius 1 is 1.09 bits per heavy atom. The Balaban J connectivity index is 2.33. The first-order chi connectivity index (χ1) is 16.3. The van der Waals surface area contributed by atoms with Gasteiger partial charge in [-0.1, -0.05) is 32.3 Å². The topological polar surface area (TPSA) is 143 Å². The molecule has 1 aromatic heterocycles. The van der Waals surface area contributed by atoms with Gasteiger partial charge in [-0.2, -0.15) is 0 Å². The van der Waals surface area contributed by atoms with Gasteiger partial charge in [-0.05, 0) is 26.3 Å². The second-order valence-electron chi connectivity index (χ2n) is 7.42. The number of benzene rings is 1. The summed E-state index contributed by atoms with van der Waals surface area (Å²) < 4.78 is 11.5. The normalized spacial score (nSPS) is 10.6. The van der Waals surface area contributed by atoms with Crippen LogP contribution in [0.25, 0.3) is 0 Å². The Hall–Kier alpha value is -3.76. The summed E-state index contributed by atoms with van der Waals surface area (Å²) in [4.78, 5) is 52.5. The van der Waals surface area contributed by atoms with Gasteiger partial charge in [0, 0.05) is 18.7 Å². The fourth-order valence-electron chi connectivity index (χ4n) is 3.39. The number of hydrogen-bond donors (Lipinski definition) is 1. The number of carbonyl (C=O) groups excluding carboxylic acids is 3. The van der Waals surface area contributed by atoms with E-state index in [-0.39, 0.29) is 31.1 Å². The van der Waals surface area contributed by atoms with Gasteiger partial charge in [0.05, 0.1) is 23.7 Å². The van der Waals surface area contributed by atoms with Crippen LogP contribution in [-0.2, 0) is 27.2 Å². The minimum atomic E-state index is -0.968. The highest BCUT2D eigenvalue weighted by atomic mass is 16.6. The molecule has 11 heteroatoms. The lowest BCUT2D eigenvalue weighted by Gasteiger charge is -2.09. The number of aryl methyl sites for hydroxylation is 1. The molecule has 2 rings (SSSR count). The van der Waals surface area contributed by atoms with E-state index in [1.54, 1.807) is 18.4 Å². The summed E-state index contributed by atoms with van der Waals surface area (Å²) in [7, 11) is 0. The van der Waals surface area contributed by atoms with Crippen molar-refractivity contribution in [2.75, 3.05) is 18.5 Å². The lowest BCUT2D eigenvalue weighted by Crippen LogP contribution is -2.19. The number of nitrogens with zero attached hydrogens (tertiary/aromatic N) is 3. The minimum Gasteiger partial charge on any atom is -0.465 e. The number of nitro benzene ring substituents is 1. The third-order valence-corrected chi connectivity index (χ3v) is 4.92. The molecule has 0 atom stereocenters. The van der Waals surface area contributed by atoms with Crippen LogP contribution < -0.4 is 5.32 Å². The van der Waals surface area contributed by atoms with Gasteiger partial charge in [0.2, 0.25) is 0 Å². The lowest BCUT2D eigenvalue weighted by atomic mass is 10.0. The molecule has 0 aliphatic rings. The van der Waals surface area contributed by atoms with Gasteiger partial charge in [0.1, 0.15) is 17.9 Å². The zero-order chi connectivity index (χ0) is 25.1. The van der Waals surface area contributed by atoms with E-state index in [9.17, 15) is 24.5 Å². The van der Waals surface area contributed by atoms with E-state index in [2.05, 4.69) is 17.2 Å². The second kappa shape index (κ2) is 13.1. The molecule has 0 fully saturated rings. The lowest BCUT2D eigenvalue weighted by molar-refractivity contribution is -0.385. The maximum Gasteiger partial charge on any atom is 0.345 e. The van der Waals surface area contributed by atoms with Gasteiger partial charge in [0.15, 0.2) is 5.82 Å². The average molecular weight is 475 g/mol. The number of unbranched alkanes of at least 4 members (excludes halogenated alkanes) is 3. The quantitative estimate of drug-likeness (QED) is 0.199. The Bertz CT molecular complexity index is 1030. The zero-order valence-electron chi connectivity index (χ0n) is 19.7. The first kappa shape index (κ1) is 26.5. The highest BCUT2D eigenvalue weighted by Crippen LogP contribution is 2.24. The maximum absolute atomic E-state index is 13.0. The highest BCUT2D eigenvalue weighted by molar-refractivity contribution is 6.12. The van der Waals surface area contributed by atoms with Crippen LogP contribution in [0.5, 0.6) is 0 Å². The van der Waals surface area contributed by atoms with Crippen LogP contribution in [0.1, 0.15) is 73.0 Å².